The molecule has 0 bridgehead atoms. The molecule has 174 valence electrons. The molecule has 3 heterocycles. The van der Waals surface area contributed by atoms with Gasteiger partial charge in [-0.3, -0.25) is 19.7 Å². The highest BCUT2D eigenvalue weighted by Gasteiger charge is 2.30. The second-order valence-corrected chi connectivity index (χ2v) is 8.39. The van der Waals surface area contributed by atoms with Gasteiger partial charge in [-0.05, 0) is 13.1 Å². The van der Waals surface area contributed by atoms with Crippen LogP contribution in [0.3, 0.4) is 0 Å². The van der Waals surface area contributed by atoms with Crippen molar-refractivity contribution in [2.24, 2.45) is 4.99 Å². The summed E-state index contributed by atoms with van der Waals surface area (Å²) in [5.41, 5.74) is 4.67. The smallest absolute Gasteiger partial charge is 0.264 e. The zero-order chi connectivity index (χ0) is 23.5. The van der Waals surface area contributed by atoms with Crippen LogP contribution in [0.15, 0.2) is 71.9 Å². The van der Waals surface area contributed by atoms with Crippen LogP contribution >= 0.6 is 0 Å². The molecule has 5 rings (SSSR count). The number of hydrogen-bond acceptors (Lipinski definition) is 6. The number of morpholine rings is 1. The predicted molar refractivity (Wildman–Crippen MR) is 130 cm³/mol. The van der Waals surface area contributed by atoms with Crippen LogP contribution in [0.4, 0.5) is 15.8 Å². The molecule has 1 N–H and O–H groups in total. The number of pyridine rings is 1. The maximum atomic E-state index is 14.1. The third kappa shape index (κ3) is 4.55. The molecule has 2 aliphatic rings. The summed E-state index contributed by atoms with van der Waals surface area (Å²) in [7, 11) is 1.83. The summed E-state index contributed by atoms with van der Waals surface area (Å²) < 4.78 is 19.5. The largest absolute Gasteiger partial charge is 0.378 e. The molecule has 2 aliphatic heterocycles. The van der Waals surface area contributed by atoms with Crippen molar-refractivity contribution in [2.45, 2.75) is 12.7 Å². The minimum atomic E-state index is -0.785. The van der Waals surface area contributed by atoms with E-state index in [-0.39, 0.29) is 11.7 Å². The molecule has 1 amide bonds. The van der Waals surface area contributed by atoms with Crippen LogP contribution in [-0.2, 0) is 16.1 Å². The number of carbonyl (C=O) groups is 1. The van der Waals surface area contributed by atoms with E-state index in [9.17, 15) is 9.18 Å². The molecule has 0 radical (unpaired) electrons. The van der Waals surface area contributed by atoms with Crippen LogP contribution < -0.4 is 10.2 Å². The fraction of sp³-hybridized carbons (Fsp3) is 0.269. The van der Waals surface area contributed by atoms with Gasteiger partial charge in [0, 0.05) is 36.8 Å². The zero-order valence-corrected chi connectivity index (χ0v) is 18.9. The highest BCUT2D eigenvalue weighted by Crippen LogP contribution is 2.27. The Labute approximate surface area is 197 Å². The number of aliphatic imine (C=N–C) groups is 1. The van der Waals surface area contributed by atoms with Gasteiger partial charge >= 0.3 is 0 Å². The Hall–Kier alpha value is -3.62. The summed E-state index contributed by atoms with van der Waals surface area (Å²) in [6.07, 6.45) is 0.432. The number of ether oxygens (including phenoxy) is 1. The van der Waals surface area contributed by atoms with Gasteiger partial charge < -0.3 is 15.0 Å². The molecule has 2 aromatic carbocycles. The van der Waals surface area contributed by atoms with Gasteiger partial charge in [0.25, 0.3) is 5.91 Å². The molecule has 1 atom stereocenters. The number of aromatic nitrogens is 1. The van der Waals surface area contributed by atoms with E-state index in [1.54, 1.807) is 0 Å². The van der Waals surface area contributed by atoms with Crippen LogP contribution in [0.5, 0.6) is 0 Å². The Kier molecular flexibility index (Phi) is 6.33. The molecule has 3 aromatic rings. The van der Waals surface area contributed by atoms with E-state index >= 15 is 0 Å². The van der Waals surface area contributed by atoms with E-state index in [1.165, 1.54) is 12.3 Å². The Morgan fingerprint density at radius 1 is 1.12 bits per heavy atom. The first kappa shape index (κ1) is 22.2. The topological polar surface area (TPSA) is 70.1 Å². The Balaban J connectivity index is 1.49. The number of benzene rings is 2. The van der Waals surface area contributed by atoms with E-state index in [0.29, 0.717) is 38.5 Å². The summed E-state index contributed by atoms with van der Waals surface area (Å²) in [6.45, 7) is 2.82. The normalized spacial score (nSPS) is 18.2. The van der Waals surface area contributed by atoms with Crippen molar-refractivity contribution in [3.8, 4) is 0 Å². The number of halogens is 1. The monoisotopic (exact) mass is 459 g/mol. The number of nitrogens with one attached hydrogen (secondary N) is 1. The number of para-hydroxylation sites is 1. The lowest BCUT2D eigenvalue weighted by molar-refractivity contribution is -0.120. The van der Waals surface area contributed by atoms with Crippen LogP contribution in [0, 0.1) is 5.82 Å². The Bertz CT molecular complexity index is 1210. The summed E-state index contributed by atoms with van der Waals surface area (Å²) in [5, 5.41) is 3.02. The molecule has 1 fully saturated rings. The van der Waals surface area contributed by atoms with Crippen molar-refractivity contribution in [3.63, 3.8) is 0 Å². The van der Waals surface area contributed by atoms with E-state index in [1.807, 2.05) is 66.5 Å². The van der Waals surface area contributed by atoms with E-state index in [4.69, 9.17) is 9.73 Å². The van der Waals surface area contributed by atoms with Gasteiger partial charge in [0.1, 0.15) is 5.82 Å². The van der Waals surface area contributed by atoms with Crippen molar-refractivity contribution in [2.75, 3.05) is 43.6 Å². The average molecular weight is 460 g/mol. The molecule has 34 heavy (non-hydrogen) atoms. The van der Waals surface area contributed by atoms with Gasteiger partial charge in [-0.1, -0.05) is 48.5 Å². The molecule has 0 spiro atoms. The zero-order valence-electron chi connectivity index (χ0n) is 18.9. The van der Waals surface area contributed by atoms with Crippen molar-refractivity contribution < 1.29 is 13.9 Å². The third-order valence-corrected chi connectivity index (χ3v) is 6.06. The molecule has 1 saturated heterocycles. The average Bonchev–Trinajstić information content (AvgIpc) is 3.02. The number of anilines is 2. The maximum absolute atomic E-state index is 14.1. The number of nitrogens with zero attached hydrogens (tertiary/aromatic N) is 4. The molecule has 1 aromatic heterocycles. The van der Waals surface area contributed by atoms with E-state index in [2.05, 4.69) is 15.2 Å². The Morgan fingerprint density at radius 2 is 1.85 bits per heavy atom. The van der Waals surface area contributed by atoms with Gasteiger partial charge in [-0.25, -0.2) is 4.39 Å². The minimum Gasteiger partial charge on any atom is -0.378 e. The minimum absolute atomic E-state index is 0.226. The number of hydrogen-bond donors (Lipinski definition) is 1. The van der Waals surface area contributed by atoms with E-state index in [0.717, 1.165) is 28.2 Å². The first-order valence-corrected chi connectivity index (χ1v) is 11.3. The summed E-state index contributed by atoms with van der Waals surface area (Å²) in [5.74, 6) is -0.615. The van der Waals surface area contributed by atoms with Crippen LogP contribution in [0.2, 0.25) is 0 Å². The quantitative estimate of drug-likeness (QED) is 0.634. The van der Waals surface area contributed by atoms with Gasteiger partial charge in [0.2, 0.25) is 0 Å². The number of rotatable bonds is 5. The number of likely N-dealkylation sites (N-methyl/N-ethyl adjacent to an activating group) is 1. The van der Waals surface area contributed by atoms with Gasteiger partial charge in [-0.2, -0.15) is 0 Å². The van der Waals surface area contributed by atoms with Gasteiger partial charge in [0.15, 0.2) is 6.17 Å². The number of fused-ring (bicyclic) bond motifs is 1. The molecular weight excluding hydrogens is 433 g/mol. The molecule has 0 aliphatic carbocycles. The first-order chi connectivity index (χ1) is 16.6. The lowest BCUT2D eigenvalue weighted by Crippen LogP contribution is -2.41. The van der Waals surface area contributed by atoms with Crippen LogP contribution in [0.25, 0.3) is 0 Å². The van der Waals surface area contributed by atoms with Crippen molar-refractivity contribution in [1.82, 2.24) is 9.88 Å². The van der Waals surface area contributed by atoms with Crippen LogP contribution in [0.1, 0.15) is 16.8 Å². The summed E-state index contributed by atoms with van der Waals surface area (Å²) >= 11 is 0. The molecule has 8 heteroatoms. The Morgan fingerprint density at radius 3 is 2.65 bits per heavy atom. The van der Waals surface area contributed by atoms with Crippen molar-refractivity contribution >= 4 is 23.0 Å². The SMILES string of the molecule is CN(Cc1ncc(F)cc1N1CCOCC1)C1N=C(c2ccccc2)c2ccccc2NC1=O. The lowest BCUT2D eigenvalue weighted by Gasteiger charge is -2.31. The van der Waals surface area contributed by atoms with E-state index < -0.39 is 6.17 Å². The first-order valence-electron chi connectivity index (χ1n) is 11.3. The predicted octanol–water partition coefficient (Wildman–Crippen LogP) is 3.30. The summed E-state index contributed by atoms with van der Waals surface area (Å²) in [6, 6.07) is 19.0. The number of carbonyl (C=O) groups excluding carboxylic acids is 1. The molecule has 1 unspecified atom stereocenters. The second-order valence-electron chi connectivity index (χ2n) is 8.39. The molecule has 0 saturated carbocycles. The van der Waals surface area contributed by atoms with Gasteiger partial charge in [0.05, 0.1) is 42.2 Å². The lowest BCUT2D eigenvalue weighted by atomic mass is 10.0. The third-order valence-electron chi connectivity index (χ3n) is 6.06. The highest BCUT2D eigenvalue weighted by molar-refractivity contribution is 6.19. The maximum Gasteiger partial charge on any atom is 0.264 e. The van der Waals surface area contributed by atoms with Crippen molar-refractivity contribution in [3.05, 3.63) is 89.5 Å². The number of benzodiazepines with no additional fused rings is 1. The highest BCUT2D eigenvalue weighted by atomic mass is 19.1. The second kappa shape index (κ2) is 9.70. The fourth-order valence-corrected chi connectivity index (χ4v) is 4.35. The molecule has 7 nitrogen and oxygen atoms in total. The van der Waals surface area contributed by atoms with Crippen LogP contribution in [-0.4, -0.2) is 61.0 Å². The fourth-order valence-electron chi connectivity index (χ4n) is 4.35. The summed E-state index contributed by atoms with van der Waals surface area (Å²) in [4.78, 5) is 26.5. The van der Waals surface area contributed by atoms with Crippen molar-refractivity contribution in [1.29, 1.82) is 0 Å². The van der Waals surface area contributed by atoms with Gasteiger partial charge in [-0.15, -0.1) is 0 Å². The standard InChI is InChI=1S/C26H26FN5O2/c1-31(17-22-23(15-19(27)16-28-22)32-11-13-34-14-12-32)25-26(33)29-21-10-6-5-9-20(21)24(30-25)18-7-3-2-4-8-18/h2-10,15-16,25H,11-14,17H2,1H3,(H,29,33). The number of amides is 1. The molecular formula is C26H26FN5O2.